The Bertz CT molecular complexity index is 684. The molecule has 0 aliphatic carbocycles. The zero-order valence-corrected chi connectivity index (χ0v) is 13.8. The Labute approximate surface area is 137 Å². The number of anilines is 1. The molecule has 0 amide bonds. The number of nitrogens with zero attached hydrogens (tertiary/aromatic N) is 1. The highest BCUT2D eigenvalue weighted by molar-refractivity contribution is 5.92. The number of aliphatic imine (C=N–C) groups is 1. The largest absolute Gasteiger partial charge is 0.493 e. The molecule has 0 atom stereocenters. The molecule has 0 saturated heterocycles. The summed E-state index contributed by atoms with van der Waals surface area (Å²) in [5, 5.41) is 3.11. The van der Waals surface area contributed by atoms with E-state index >= 15 is 0 Å². The van der Waals surface area contributed by atoms with E-state index < -0.39 is 0 Å². The third-order valence-electron chi connectivity index (χ3n) is 3.49. The first-order valence-electron chi connectivity index (χ1n) is 7.53. The molecule has 0 aromatic heterocycles. The normalized spacial score (nSPS) is 11.2. The van der Waals surface area contributed by atoms with Crippen molar-refractivity contribution in [2.75, 3.05) is 19.5 Å². The number of guanidine groups is 1. The molecule has 122 valence electrons. The van der Waals surface area contributed by atoms with Crippen LogP contribution in [0.4, 0.5) is 5.69 Å². The van der Waals surface area contributed by atoms with Crippen molar-refractivity contribution in [2.24, 2.45) is 10.7 Å². The van der Waals surface area contributed by atoms with Crippen molar-refractivity contribution in [1.29, 1.82) is 0 Å². The highest BCUT2D eigenvalue weighted by Gasteiger charge is 2.04. The minimum absolute atomic E-state index is 0.382. The number of benzene rings is 2. The molecule has 0 heterocycles. The first kappa shape index (κ1) is 16.7. The van der Waals surface area contributed by atoms with Crippen molar-refractivity contribution in [3.8, 4) is 11.5 Å². The summed E-state index contributed by atoms with van der Waals surface area (Å²) in [6.45, 7) is 2.58. The quantitative estimate of drug-likeness (QED) is 0.635. The third kappa shape index (κ3) is 4.64. The number of hydrogen-bond acceptors (Lipinski definition) is 3. The Kier molecular flexibility index (Phi) is 5.86. The van der Waals surface area contributed by atoms with Crippen molar-refractivity contribution >= 4 is 11.6 Å². The minimum Gasteiger partial charge on any atom is -0.493 e. The smallest absolute Gasteiger partial charge is 0.193 e. The summed E-state index contributed by atoms with van der Waals surface area (Å²) in [5.41, 5.74) is 9.14. The molecule has 0 saturated carbocycles. The Balaban J connectivity index is 2.04. The van der Waals surface area contributed by atoms with Crippen LogP contribution in [0.25, 0.3) is 0 Å². The van der Waals surface area contributed by atoms with Crippen LogP contribution in [0.2, 0.25) is 0 Å². The Morgan fingerprint density at radius 2 is 1.83 bits per heavy atom. The van der Waals surface area contributed by atoms with Crippen molar-refractivity contribution in [3.05, 3.63) is 53.6 Å². The van der Waals surface area contributed by atoms with Crippen LogP contribution in [0, 0.1) is 0 Å². The molecule has 23 heavy (non-hydrogen) atoms. The maximum Gasteiger partial charge on any atom is 0.193 e. The SMILES string of the molecule is CCc1cccc(NC(N)=NCc2ccc(OC)c(OC)c2)c1. The van der Waals surface area contributed by atoms with Crippen LogP contribution in [-0.2, 0) is 13.0 Å². The number of nitrogens with two attached hydrogens (primary N) is 1. The van der Waals surface area contributed by atoms with Crippen LogP contribution in [0.15, 0.2) is 47.5 Å². The van der Waals surface area contributed by atoms with E-state index in [1.807, 2.05) is 30.3 Å². The second-order valence-electron chi connectivity index (χ2n) is 5.07. The lowest BCUT2D eigenvalue weighted by molar-refractivity contribution is 0.354. The van der Waals surface area contributed by atoms with Gasteiger partial charge in [-0.25, -0.2) is 4.99 Å². The first-order chi connectivity index (χ1) is 11.2. The van der Waals surface area contributed by atoms with Crippen LogP contribution in [-0.4, -0.2) is 20.2 Å². The van der Waals surface area contributed by atoms with E-state index in [0.717, 1.165) is 17.7 Å². The molecule has 0 fully saturated rings. The van der Waals surface area contributed by atoms with Crippen LogP contribution >= 0.6 is 0 Å². The molecule has 2 aromatic rings. The number of ether oxygens (including phenoxy) is 2. The van der Waals surface area contributed by atoms with Crippen LogP contribution in [0.1, 0.15) is 18.1 Å². The molecule has 0 radical (unpaired) electrons. The second-order valence-corrected chi connectivity index (χ2v) is 5.07. The van der Waals surface area contributed by atoms with E-state index in [1.54, 1.807) is 14.2 Å². The Hall–Kier alpha value is -2.69. The molecule has 5 nitrogen and oxygen atoms in total. The van der Waals surface area contributed by atoms with Gasteiger partial charge in [0.05, 0.1) is 20.8 Å². The standard InChI is InChI=1S/C18H23N3O2/c1-4-13-6-5-7-15(10-13)21-18(19)20-12-14-8-9-16(22-2)17(11-14)23-3/h5-11H,4,12H2,1-3H3,(H3,19,20,21). The van der Waals surface area contributed by atoms with E-state index in [2.05, 4.69) is 29.4 Å². The van der Waals surface area contributed by atoms with Crippen molar-refractivity contribution in [2.45, 2.75) is 19.9 Å². The fraction of sp³-hybridized carbons (Fsp3) is 0.278. The predicted molar refractivity (Wildman–Crippen MR) is 94.3 cm³/mol. The number of methoxy groups -OCH3 is 2. The van der Waals surface area contributed by atoms with Gasteiger partial charge in [-0.2, -0.15) is 0 Å². The van der Waals surface area contributed by atoms with E-state index in [0.29, 0.717) is 24.0 Å². The number of aryl methyl sites for hydroxylation is 1. The highest BCUT2D eigenvalue weighted by Crippen LogP contribution is 2.27. The lowest BCUT2D eigenvalue weighted by Gasteiger charge is -2.09. The molecule has 5 heteroatoms. The molecule has 0 aliphatic heterocycles. The maximum atomic E-state index is 5.95. The molecule has 0 bridgehead atoms. The van der Waals surface area contributed by atoms with Gasteiger partial charge >= 0.3 is 0 Å². The lowest BCUT2D eigenvalue weighted by Crippen LogP contribution is -2.22. The summed E-state index contributed by atoms with van der Waals surface area (Å²) >= 11 is 0. The molecular formula is C18H23N3O2. The van der Waals surface area contributed by atoms with Crippen molar-refractivity contribution in [1.82, 2.24) is 0 Å². The lowest BCUT2D eigenvalue weighted by atomic mass is 10.1. The summed E-state index contributed by atoms with van der Waals surface area (Å²) in [4.78, 5) is 4.36. The van der Waals surface area contributed by atoms with E-state index in [4.69, 9.17) is 15.2 Å². The summed E-state index contributed by atoms with van der Waals surface area (Å²) in [6, 6.07) is 13.8. The minimum atomic E-state index is 0.382. The monoisotopic (exact) mass is 313 g/mol. The molecule has 2 aromatic carbocycles. The topological polar surface area (TPSA) is 68.9 Å². The summed E-state index contributed by atoms with van der Waals surface area (Å²) in [5.74, 6) is 1.76. The second kappa shape index (κ2) is 8.08. The predicted octanol–water partition coefficient (Wildman–Crippen LogP) is 3.19. The molecular weight excluding hydrogens is 290 g/mol. The molecule has 0 spiro atoms. The Morgan fingerprint density at radius 1 is 1.04 bits per heavy atom. The van der Waals surface area contributed by atoms with Crippen LogP contribution in [0.3, 0.4) is 0 Å². The fourth-order valence-electron chi connectivity index (χ4n) is 2.21. The summed E-state index contributed by atoms with van der Waals surface area (Å²) in [6.07, 6.45) is 0.984. The van der Waals surface area contributed by atoms with E-state index in [9.17, 15) is 0 Å². The zero-order valence-electron chi connectivity index (χ0n) is 13.8. The van der Waals surface area contributed by atoms with Gasteiger partial charge < -0.3 is 20.5 Å². The average Bonchev–Trinajstić information content (AvgIpc) is 2.59. The molecule has 0 unspecified atom stereocenters. The summed E-state index contributed by atoms with van der Waals surface area (Å²) in [7, 11) is 3.23. The van der Waals surface area contributed by atoms with Crippen molar-refractivity contribution < 1.29 is 9.47 Å². The van der Waals surface area contributed by atoms with Crippen LogP contribution in [0.5, 0.6) is 11.5 Å². The third-order valence-corrected chi connectivity index (χ3v) is 3.49. The van der Waals surface area contributed by atoms with E-state index in [-0.39, 0.29) is 0 Å². The molecule has 3 N–H and O–H groups in total. The van der Waals surface area contributed by atoms with Gasteiger partial charge in [-0.05, 0) is 41.8 Å². The first-order valence-corrected chi connectivity index (χ1v) is 7.53. The van der Waals surface area contributed by atoms with Gasteiger partial charge in [0.15, 0.2) is 17.5 Å². The van der Waals surface area contributed by atoms with Crippen LogP contribution < -0.4 is 20.5 Å². The zero-order chi connectivity index (χ0) is 16.7. The molecule has 0 aliphatic rings. The highest BCUT2D eigenvalue weighted by atomic mass is 16.5. The fourth-order valence-corrected chi connectivity index (χ4v) is 2.21. The maximum absolute atomic E-state index is 5.95. The van der Waals surface area contributed by atoms with Gasteiger partial charge in [0.1, 0.15) is 0 Å². The Morgan fingerprint density at radius 3 is 2.52 bits per heavy atom. The summed E-state index contributed by atoms with van der Waals surface area (Å²) < 4.78 is 10.5. The number of nitrogens with one attached hydrogen (secondary N) is 1. The number of hydrogen-bond donors (Lipinski definition) is 2. The van der Waals surface area contributed by atoms with E-state index in [1.165, 1.54) is 5.56 Å². The number of rotatable bonds is 6. The van der Waals surface area contributed by atoms with Gasteiger partial charge in [0, 0.05) is 5.69 Å². The average molecular weight is 313 g/mol. The van der Waals surface area contributed by atoms with Gasteiger partial charge in [-0.1, -0.05) is 25.1 Å². The van der Waals surface area contributed by atoms with Gasteiger partial charge in [0.25, 0.3) is 0 Å². The van der Waals surface area contributed by atoms with Crippen molar-refractivity contribution in [3.63, 3.8) is 0 Å². The molecule has 2 rings (SSSR count). The van der Waals surface area contributed by atoms with Gasteiger partial charge in [-0.3, -0.25) is 0 Å². The van der Waals surface area contributed by atoms with Gasteiger partial charge in [0.2, 0.25) is 0 Å². The van der Waals surface area contributed by atoms with Gasteiger partial charge in [-0.15, -0.1) is 0 Å².